The van der Waals surface area contributed by atoms with Gasteiger partial charge in [-0.1, -0.05) is 12.1 Å². The summed E-state index contributed by atoms with van der Waals surface area (Å²) in [7, 11) is 0. The van der Waals surface area contributed by atoms with Crippen molar-refractivity contribution in [1.29, 1.82) is 0 Å². The molecule has 2 heterocycles. The van der Waals surface area contributed by atoms with Gasteiger partial charge in [0.1, 0.15) is 11.6 Å². The molecule has 20 heavy (non-hydrogen) atoms. The third kappa shape index (κ3) is 1.97. The smallest absolute Gasteiger partial charge is 0.308 e. The van der Waals surface area contributed by atoms with E-state index in [0.29, 0.717) is 36.3 Å². The van der Waals surface area contributed by atoms with E-state index in [-0.39, 0.29) is 5.82 Å². The molecule has 0 fully saturated rings. The molecule has 1 aliphatic heterocycles. The lowest BCUT2D eigenvalue weighted by Gasteiger charge is -2.21. The standard InChI is InChI=1S/C14H14FN3O2/c1-8-3-2-4-10(12(8)15)13-17-16-11-6-5-9(14(19)20)7-18(11)13/h2-4,9H,5-7H2,1H3,(H,19,20). The first kappa shape index (κ1) is 12.8. The summed E-state index contributed by atoms with van der Waals surface area (Å²) in [6.07, 6.45) is 1.10. The third-order valence-corrected chi connectivity index (χ3v) is 3.73. The molecular weight excluding hydrogens is 261 g/mol. The molecule has 1 aromatic heterocycles. The van der Waals surface area contributed by atoms with Crippen LogP contribution in [0.1, 0.15) is 17.8 Å². The number of hydrogen-bond acceptors (Lipinski definition) is 3. The number of aliphatic carboxylic acids is 1. The van der Waals surface area contributed by atoms with Crippen LogP contribution in [0.4, 0.5) is 4.39 Å². The number of aryl methyl sites for hydroxylation is 2. The van der Waals surface area contributed by atoms with Crippen LogP contribution in [0.15, 0.2) is 18.2 Å². The van der Waals surface area contributed by atoms with E-state index >= 15 is 0 Å². The van der Waals surface area contributed by atoms with Gasteiger partial charge in [0.15, 0.2) is 5.82 Å². The zero-order chi connectivity index (χ0) is 14.3. The fourth-order valence-electron chi connectivity index (χ4n) is 2.55. The van der Waals surface area contributed by atoms with Crippen molar-refractivity contribution in [2.75, 3.05) is 0 Å². The Balaban J connectivity index is 2.07. The average Bonchev–Trinajstić information content (AvgIpc) is 2.84. The van der Waals surface area contributed by atoms with Crippen LogP contribution in [-0.2, 0) is 17.8 Å². The number of halogens is 1. The third-order valence-electron chi connectivity index (χ3n) is 3.73. The summed E-state index contributed by atoms with van der Waals surface area (Å²) in [4.78, 5) is 11.1. The van der Waals surface area contributed by atoms with Gasteiger partial charge >= 0.3 is 5.97 Å². The predicted octanol–water partition coefficient (Wildman–Crippen LogP) is 2.04. The van der Waals surface area contributed by atoms with E-state index in [9.17, 15) is 9.18 Å². The number of nitrogens with zero attached hydrogens (tertiary/aromatic N) is 3. The van der Waals surface area contributed by atoms with Gasteiger partial charge in [-0.15, -0.1) is 10.2 Å². The SMILES string of the molecule is Cc1cccc(-c2nnc3n2CC(C(=O)O)CC3)c1F. The number of fused-ring (bicyclic) bond motifs is 1. The molecule has 1 aliphatic rings. The molecule has 5 nitrogen and oxygen atoms in total. The van der Waals surface area contributed by atoms with Crippen molar-refractivity contribution >= 4 is 5.97 Å². The Hall–Kier alpha value is -2.24. The zero-order valence-electron chi connectivity index (χ0n) is 11.0. The molecule has 0 radical (unpaired) electrons. The molecule has 0 amide bonds. The molecule has 0 saturated carbocycles. The van der Waals surface area contributed by atoms with Crippen molar-refractivity contribution < 1.29 is 14.3 Å². The monoisotopic (exact) mass is 275 g/mol. The van der Waals surface area contributed by atoms with Gasteiger partial charge < -0.3 is 9.67 Å². The summed E-state index contributed by atoms with van der Waals surface area (Å²) in [5, 5.41) is 17.2. The number of carboxylic acid groups (broad SMARTS) is 1. The topological polar surface area (TPSA) is 68.0 Å². The Morgan fingerprint density at radius 2 is 2.25 bits per heavy atom. The van der Waals surface area contributed by atoms with E-state index in [2.05, 4.69) is 10.2 Å². The number of benzene rings is 1. The van der Waals surface area contributed by atoms with Gasteiger partial charge in [0.25, 0.3) is 0 Å². The van der Waals surface area contributed by atoms with Crippen molar-refractivity contribution in [2.45, 2.75) is 26.3 Å². The summed E-state index contributed by atoms with van der Waals surface area (Å²) >= 11 is 0. The van der Waals surface area contributed by atoms with E-state index in [1.54, 1.807) is 29.7 Å². The minimum absolute atomic E-state index is 0.292. The molecular formula is C14H14FN3O2. The molecule has 1 atom stereocenters. The first-order valence-corrected chi connectivity index (χ1v) is 6.48. The van der Waals surface area contributed by atoms with Gasteiger partial charge in [-0.3, -0.25) is 4.79 Å². The lowest BCUT2D eigenvalue weighted by molar-refractivity contribution is -0.142. The second kappa shape index (κ2) is 4.70. The zero-order valence-corrected chi connectivity index (χ0v) is 11.0. The lowest BCUT2D eigenvalue weighted by atomic mass is 9.99. The quantitative estimate of drug-likeness (QED) is 0.910. The summed E-state index contributed by atoms with van der Waals surface area (Å²) in [6.45, 7) is 1.98. The van der Waals surface area contributed by atoms with Gasteiger partial charge in [0.2, 0.25) is 0 Å². The Morgan fingerprint density at radius 3 is 3.00 bits per heavy atom. The highest BCUT2D eigenvalue weighted by Crippen LogP contribution is 2.28. The van der Waals surface area contributed by atoms with Crippen molar-refractivity contribution in [2.24, 2.45) is 5.92 Å². The van der Waals surface area contributed by atoms with Crippen molar-refractivity contribution in [1.82, 2.24) is 14.8 Å². The van der Waals surface area contributed by atoms with Gasteiger partial charge in [0, 0.05) is 13.0 Å². The maximum atomic E-state index is 14.2. The van der Waals surface area contributed by atoms with Gasteiger partial charge in [-0.25, -0.2) is 4.39 Å². The second-order valence-corrected chi connectivity index (χ2v) is 5.06. The fraction of sp³-hybridized carbons (Fsp3) is 0.357. The van der Waals surface area contributed by atoms with Crippen molar-refractivity contribution in [3.05, 3.63) is 35.4 Å². The second-order valence-electron chi connectivity index (χ2n) is 5.06. The Bertz CT molecular complexity index is 681. The molecule has 6 heteroatoms. The summed E-state index contributed by atoms with van der Waals surface area (Å²) in [5.74, 6) is -0.504. The highest BCUT2D eigenvalue weighted by molar-refractivity contribution is 5.70. The van der Waals surface area contributed by atoms with Crippen LogP contribution in [0.2, 0.25) is 0 Å². The number of rotatable bonds is 2. The molecule has 104 valence electrons. The number of aromatic nitrogens is 3. The molecule has 0 aliphatic carbocycles. The van der Waals surface area contributed by atoms with Crippen LogP contribution in [0.3, 0.4) is 0 Å². The Labute approximate surface area is 115 Å². The van der Waals surface area contributed by atoms with Crippen LogP contribution in [0.5, 0.6) is 0 Å². The van der Waals surface area contributed by atoms with Crippen LogP contribution in [-0.4, -0.2) is 25.8 Å². The summed E-state index contributed by atoms with van der Waals surface area (Å²) in [6, 6.07) is 5.09. The largest absolute Gasteiger partial charge is 0.481 e. The minimum atomic E-state index is -0.833. The normalized spacial score (nSPS) is 17.8. The number of hydrogen-bond donors (Lipinski definition) is 1. The van der Waals surface area contributed by atoms with Crippen molar-refractivity contribution in [3.8, 4) is 11.4 Å². The summed E-state index contributed by atoms with van der Waals surface area (Å²) < 4.78 is 15.9. The fourth-order valence-corrected chi connectivity index (χ4v) is 2.55. The molecule has 1 aromatic carbocycles. The minimum Gasteiger partial charge on any atom is -0.481 e. The molecule has 1 unspecified atom stereocenters. The Kier molecular flexibility index (Phi) is 3.00. The van der Waals surface area contributed by atoms with Crippen molar-refractivity contribution in [3.63, 3.8) is 0 Å². The van der Waals surface area contributed by atoms with Gasteiger partial charge in [-0.2, -0.15) is 0 Å². The molecule has 0 saturated heterocycles. The number of carboxylic acids is 1. The number of carbonyl (C=O) groups is 1. The molecule has 1 N–H and O–H groups in total. The average molecular weight is 275 g/mol. The maximum absolute atomic E-state index is 14.2. The van der Waals surface area contributed by atoms with Crippen LogP contribution < -0.4 is 0 Å². The molecule has 0 spiro atoms. The van der Waals surface area contributed by atoms with E-state index < -0.39 is 11.9 Å². The van der Waals surface area contributed by atoms with E-state index in [0.717, 1.165) is 5.82 Å². The predicted molar refractivity (Wildman–Crippen MR) is 69.6 cm³/mol. The van der Waals surface area contributed by atoms with Gasteiger partial charge in [0.05, 0.1) is 11.5 Å². The van der Waals surface area contributed by atoms with E-state index in [4.69, 9.17) is 5.11 Å². The van der Waals surface area contributed by atoms with Crippen LogP contribution in [0, 0.1) is 18.7 Å². The molecule has 3 rings (SSSR count). The Morgan fingerprint density at radius 1 is 1.45 bits per heavy atom. The van der Waals surface area contributed by atoms with Crippen LogP contribution in [0.25, 0.3) is 11.4 Å². The lowest BCUT2D eigenvalue weighted by Crippen LogP contribution is -2.27. The summed E-state index contributed by atoms with van der Waals surface area (Å²) in [5.41, 5.74) is 0.903. The molecule has 0 bridgehead atoms. The maximum Gasteiger partial charge on any atom is 0.308 e. The van der Waals surface area contributed by atoms with Gasteiger partial charge in [-0.05, 0) is 25.0 Å². The van der Waals surface area contributed by atoms with E-state index in [1.807, 2.05) is 0 Å². The highest BCUT2D eigenvalue weighted by Gasteiger charge is 2.28. The first-order valence-electron chi connectivity index (χ1n) is 6.48. The van der Waals surface area contributed by atoms with E-state index in [1.165, 1.54) is 0 Å². The molecule has 2 aromatic rings. The first-order chi connectivity index (χ1) is 9.58. The highest BCUT2D eigenvalue weighted by atomic mass is 19.1. The van der Waals surface area contributed by atoms with Crippen LogP contribution >= 0.6 is 0 Å².